The first-order valence-corrected chi connectivity index (χ1v) is 13.9. The zero-order chi connectivity index (χ0) is 24.5. The lowest BCUT2D eigenvalue weighted by atomic mass is 10.2. The molecule has 1 aliphatic heterocycles. The number of phosphoric ester groups is 1. The number of phosphoric acid groups is 4. The van der Waals surface area contributed by atoms with Gasteiger partial charge in [0.1, 0.15) is 18.1 Å². The second-order valence-electron chi connectivity index (χ2n) is 5.91. The van der Waals surface area contributed by atoms with E-state index in [0.717, 1.165) is 4.57 Å². The minimum Gasteiger partial charge on any atom is -0.390 e. The molecule has 1 fully saturated rings. The van der Waals surface area contributed by atoms with Crippen LogP contribution in [0.5, 0.6) is 0 Å². The third kappa shape index (κ3) is 8.50. The molecule has 32 heavy (non-hydrogen) atoms. The Labute approximate surface area is 177 Å². The maximum Gasteiger partial charge on any atom is 0.490 e. The van der Waals surface area contributed by atoms with Gasteiger partial charge in [-0.3, -0.25) is 9.09 Å². The van der Waals surface area contributed by atoms with E-state index in [-0.39, 0.29) is 12.2 Å². The molecule has 6 atom stereocenters. The molecule has 0 saturated carbocycles. The Kier molecular flexibility index (Phi) is 8.39. The summed E-state index contributed by atoms with van der Waals surface area (Å²) < 4.78 is 66.2. The Hall–Kier alpha value is -0.840. The molecule has 0 radical (unpaired) electrons. The first-order valence-electron chi connectivity index (χ1n) is 7.89. The molecule has 8 N–H and O–H groups in total. The van der Waals surface area contributed by atoms with Crippen LogP contribution in [0.25, 0.3) is 0 Å². The summed E-state index contributed by atoms with van der Waals surface area (Å²) in [6.45, 7) is -0.946. The van der Waals surface area contributed by atoms with Crippen molar-refractivity contribution in [1.29, 1.82) is 0 Å². The van der Waals surface area contributed by atoms with Crippen LogP contribution in [0, 0.1) is 0 Å². The number of hydrogen-bond acceptors (Lipinski definition) is 13. The second kappa shape index (κ2) is 9.80. The Morgan fingerprint density at radius 3 is 2.19 bits per heavy atom. The normalized spacial score (nSPS) is 27.4. The minimum atomic E-state index is -5.96. The maximum absolute atomic E-state index is 11.8. The predicted octanol–water partition coefficient (Wildman–Crippen LogP) is -1.07. The highest BCUT2D eigenvalue weighted by atomic mass is 31.3. The Morgan fingerprint density at radius 1 is 1.06 bits per heavy atom. The molecule has 23 heteroatoms. The van der Waals surface area contributed by atoms with E-state index in [2.05, 4.69) is 22.4 Å². The topological polar surface area (TPSA) is 297 Å². The molecule has 1 saturated heterocycles. The summed E-state index contributed by atoms with van der Waals surface area (Å²) in [5.74, 6) is -0.0719. The molecular weight excluding hydrogens is 530 g/mol. The van der Waals surface area contributed by atoms with Gasteiger partial charge in [0.05, 0.1) is 12.7 Å². The van der Waals surface area contributed by atoms with Gasteiger partial charge in [0.15, 0.2) is 0 Å². The molecule has 1 aromatic heterocycles. The number of aliphatic hydroxyl groups excluding tert-OH is 1. The summed E-state index contributed by atoms with van der Waals surface area (Å²) in [7, 11) is -23.1. The Balaban J connectivity index is 1.98. The summed E-state index contributed by atoms with van der Waals surface area (Å²) in [4.78, 5) is 59.9. The third-order valence-electron chi connectivity index (χ3n) is 3.39. The van der Waals surface area contributed by atoms with Crippen LogP contribution in [0.1, 0.15) is 12.6 Å². The number of rotatable bonds is 10. The quantitative estimate of drug-likeness (QED) is 0.172. The third-order valence-corrected chi connectivity index (χ3v) is 8.84. The minimum absolute atomic E-state index is 0.0719. The molecule has 184 valence electrons. The molecule has 0 spiro atoms. The number of ether oxygens (including phenoxy) is 1. The lowest BCUT2D eigenvalue weighted by Crippen LogP contribution is -2.28. The van der Waals surface area contributed by atoms with Crippen LogP contribution in [0.4, 0.5) is 5.82 Å². The molecule has 0 bridgehead atoms. The summed E-state index contributed by atoms with van der Waals surface area (Å²) in [6.07, 6.45) is -2.75. The van der Waals surface area contributed by atoms with Gasteiger partial charge < -0.3 is 40.0 Å². The zero-order valence-electron chi connectivity index (χ0n) is 15.3. The van der Waals surface area contributed by atoms with Crippen molar-refractivity contribution in [3.63, 3.8) is 0 Å². The van der Waals surface area contributed by atoms with Crippen LogP contribution in [0.2, 0.25) is 0 Å². The van der Waals surface area contributed by atoms with Gasteiger partial charge in [-0.1, -0.05) is 0 Å². The molecule has 0 aliphatic carbocycles. The molecule has 19 nitrogen and oxygen atoms in total. The van der Waals surface area contributed by atoms with Gasteiger partial charge in [0.2, 0.25) is 0 Å². The molecule has 2 heterocycles. The van der Waals surface area contributed by atoms with Gasteiger partial charge in [-0.25, -0.2) is 23.1 Å². The number of hydrogen-bond donors (Lipinski definition) is 7. The fraction of sp³-hybridized carbons (Fsp3) is 0.556. The van der Waals surface area contributed by atoms with Gasteiger partial charge >= 0.3 is 37.0 Å². The van der Waals surface area contributed by atoms with Gasteiger partial charge in [-0.05, 0) is 6.07 Å². The molecule has 0 amide bonds. The number of aromatic nitrogens is 2. The van der Waals surface area contributed by atoms with Crippen molar-refractivity contribution in [3.05, 3.63) is 22.7 Å². The van der Waals surface area contributed by atoms with Crippen LogP contribution in [-0.2, 0) is 40.5 Å². The first-order chi connectivity index (χ1) is 14.4. The lowest BCUT2D eigenvalue weighted by Gasteiger charge is -2.20. The highest BCUT2D eigenvalue weighted by Gasteiger charge is 2.46. The van der Waals surface area contributed by atoms with Crippen molar-refractivity contribution in [1.82, 2.24) is 9.55 Å². The zero-order valence-corrected chi connectivity index (χ0v) is 18.9. The van der Waals surface area contributed by atoms with E-state index in [4.69, 9.17) is 25.2 Å². The average molecular weight is 547 g/mol. The van der Waals surface area contributed by atoms with Crippen LogP contribution >= 0.6 is 31.3 Å². The van der Waals surface area contributed by atoms with Crippen molar-refractivity contribution in [2.45, 2.75) is 24.9 Å². The Morgan fingerprint density at radius 2 is 1.62 bits per heavy atom. The molecular formula is C9H17N3O16P4. The van der Waals surface area contributed by atoms with E-state index >= 15 is 0 Å². The second-order valence-corrected chi connectivity index (χ2v) is 11.9. The number of aliphatic hydroxyl groups is 1. The van der Waals surface area contributed by atoms with E-state index in [1.54, 1.807) is 0 Å². The fourth-order valence-corrected chi connectivity index (χ4v) is 6.76. The molecule has 1 aliphatic rings. The Bertz CT molecular complexity index is 1080. The van der Waals surface area contributed by atoms with E-state index in [9.17, 15) is 37.9 Å². The van der Waals surface area contributed by atoms with Crippen LogP contribution in [-0.4, -0.2) is 57.9 Å². The summed E-state index contributed by atoms with van der Waals surface area (Å²) in [6, 6.07) is 1.27. The van der Waals surface area contributed by atoms with Gasteiger partial charge in [-0.15, -0.1) is 0 Å². The summed E-state index contributed by atoms with van der Waals surface area (Å²) in [5, 5.41) is 9.99. The maximum atomic E-state index is 11.8. The SMILES string of the molecule is Nc1ccn([C@H]2C[C@H](O)[C@@H](COP(=O)(O)OP(=O)(O)OP(=O)(O)OP(=O)(O)O)O2)c(=O)n1. The van der Waals surface area contributed by atoms with Crippen molar-refractivity contribution in [2.24, 2.45) is 0 Å². The smallest absolute Gasteiger partial charge is 0.390 e. The highest BCUT2D eigenvalue weighted by molar-refractivity contribution is 7.69. The van der Waals surface area contributed by atoms with E-state index in [1.165, 1.54) is 12.3 Å². The van der Waals surface area contributed by atoms with E-state index < -0.39 is 62.0 Å². The van der Waals surface area contributed by atoms with Gasteiger partial charge in [0.25, 0.3) is 0 Å². The first kappa shape index (κ1) is 27.4. The summed E-state index contributed by atoms with van der Waals surface area (Å²) in [5.41, 5.74) is 4.54. The van der Waals surface area contributed by atoms with Crippen molar-refractivity contribution < 1.29 is 70.0 Å². The van der Waals surface area contributed by atoms with Crippen molar-refractivity contribution >= 4 is 37.1 Å². The van der Waals surface area contributed by atoms with Gasteiger partial charge in [-0.2, -0.15) is 17.9 Å². The van der Waals surface area contributed by atoms with Crippen LogP contribution < -0.4 is 11.4 Å². The largest absolute Gasteiger partial charge is 0.490 e. The molecule has 0 aromatic carbocycles. The van der Waals surface area contributed by atoms with E-state index in [0.29, 0.717) is 0 Å². The number of nitrogens with zero attached hydrogens (tertiary/aromatic N) is 2. The standard InChI is InChI=1S/C9H17N3O16P4/c10-7-1-2-12(9(14)11-7)8-3-5(13)6(25-8)4-24-30(18,19)27-32(22,23)28-31(20,21)26-29(15,16)17/h1-2,5-6,8,13H,3-4H2,(H,18,19)(H,20,21)(H,22,23)(H2,10,11,14)(H2,15,16,17)/t5-,6+,8+/m0/s1. The molecule has 3 unspecified atom stereocenters. The van der Waals surface area contributed by atoms with E-state index in [1.807, 2.05) is 0 Å². The predicted molar refractivity (Wildman–Crippen MR) is 98.2 cm³/mol. The van der Waals surface area contributed by atoms with Crippen molar-refractivity contribution in [2.75, 3.05) is 12.3 Å². The number of nitrogens with two attached hydrogens (primary N) is 1. The van der Waals surface area contributed by atoms with Crippen molar-refractivity contribution in [3.8, 4) is 0 Å². The highest BCUT2D eigenvalue weighted by Crippen LogP contribution is 2.70. The average Bonchev–Trinajstić information content (AvgIpc) is 2.89. The van der Waals surface area contributed by atoms with Crippen LogP contribution in [0.15, 0.2) is 17.1 Å². The summed E-state index contributed by atoms with van der Waals surface area (Å²) >= 11 is 0. The molecule has 2 rings (SSSR count). The lowest BCUT2D eigenvalue weighted by molar-refractivity contribution is -0.0449. The molecule has 1 aromatic rings. The fourth-order valence-electron chi connectivity index (χ4n) is 2.30. The van der Waals surface area contributed by atoms with Gasteiger partial charge in [0, 0.05) is 12.6 Å². The monoisotopic (exact) mass is 547 g/mol. The van der Waals surface area contributed by atoms with Crippen LogP contribution in [0.3, 0.4) is 0 Å². The number of anilines is 1. The number of nitrogen functional groups attached to an aromatic ring is 1.